The Morgan fingerprint density at radius 3 is 2.82 bits per heavy atom. The molecule has 0 spiro atoms. The molecule has 0 saturated carbocycles. The molecule has 1 amide bonds. The van der Waals surface area contributed by atoms with Crippen molar-refractivity contribution in [3.05, 3.63) is 19.2 Å². The smallest absolute Gasteiger partial charge is 0.255 e. The van der Waals surface area contributed by atoms with E-state index in [4.69, 9.17) is 11.6 Å². The number of carbonyl (C=O) groups excluding carboxylic acids is 1. The van der Waals surface area contributed by atoms with Crippen LogP contribution in [0.2, 0.25) is 0 Å². The maximum Gasteiger partial charge on any atom is 0.255 e. The normalized spacial score (nSPS) is 25.1. The summed E-state index contributed by atoms with van der Waals surface area (Å²) >= 11 is 14.5. The third-order valence-corrected chi connectivity index (χ3v) is 5.96. The molecule has 17 heavy (non-hydrogen) atoms. The highest BCUT2D eigenvalue weighted by molar-refractivity contribution is 9.12. The molecule has 2 nitrogen and oxygen atoms in total. The second-order valence-electron chi connectivity index (χ2n) is 4.27. The summed E-state index contributed by atoms with van der Waals surface area (Å²) in [5, 5.41) is 0.191. The SMILES string of the molecule is CC1CN(C(=O)c2cc(Br)sc2Br)CCC1Cl. The number of nitrogens with zero attached hydrogens (tertiary/aromatic N) is 1. The van der Waals surface area contributed by atoms with Gasteiger partial charge in [-0.05, 0) is 50.3 Å². The summed E-state index contributed by atoms with van der Waals surface area (Å²) in [5.41, 5.74) is 0.738. The zero-order valence-electron chi connectivity index (χ0n) is 9.25. The van der Waals surface area contributed by atoms with Gasteiger partial charge in [0.15, 0.2) is 0 Å². The van der Waals surface area contributed by atoms with Crippen LogP contribution in [0.4, 0.5) is 0 Å². The van der Waals surface area contributed by atoms with E-state index in [1.807, 2.05) is 11.0 Å². The van der Waals surface area contributed by atoms with E-state index < -0.39 is 0 Å². The van der Waals surface area contributed by atoms with Gasteiger partial charge in [-0.25, -0.2) is 0 Å². The molecular formula is C11H12Br2ClNOS. The summed E-state index contributed by atoms with van der Waals surface area (Å²) in [6.45, 7) is 3.58. The predicted molar refractivity (Wildman–Crippen MR) is 79.0 cm³/mol. The van der Waals surface area contributed by atoms with Crippen LogP contribution in [0.25, 0.3) is 0 Å². The molecule has 2 heterocycles. The lowest BCUT2D eigenvalue weighted by atomic mass is 9.99. The zero-order valence-corrected chi connectivity index (χ0v) is 14.0. The minimum absolute atomic E-state index is 0.0919. The van der Waals surface area contributed by atoms with Crippen molar-refractivity contribution in [3.63, 3.8) is 0 Å². The van der Waals surface area contributed by atoms with Crippen LogP contribution in [0.15, 0.2) is 13.6 Å². The molecule has 94 valence electrons. The number of likely N-dealkylation sites (tertiary alicyclic amines) is 1. The molecule has 2 rings (SSSR count). The van der Waals surface area contributed by atoms with E-state index in [0.717, 1.165) is 32.6 Å². The van der Waals surface area contributed by atoms with Gasteiger partial charge in [-0.2, -0.15) is 0 Å². The average molecular weight is 402 g/mol. The van der Waals surface area contributed by atoms with Gasteiger partial charge in [0.1, 0.15) is 0 Å². The van der Waals surface area contributed by atoms with Gasteiger partial charge in [-0.3, -0.25) is 4.79 Å². The summed E-state index contributed by atoms with van der Waals surface area (Å²) in [4.78, 5) is 14.2. The summed E-state index contributed by atoms with van der Waals surface area (Å²) in [6.07, 6.45) is 0.872. The van der Waals surface area contributed by atoms with E-state index in [9.17, 15) is 4.79 Å². The van der Waals surface area contributed by atoms with E-state index in [2.05, 4.69) is 38.8 Å². The first kappa shape index (κ1) is 13.8. The molecule has 1 aromatic heterocycles. The summed E-state index contributed by atoms with van der Waals surface area (Å²) in [7, 11) is 0. The monoisotopic (exact) mass is 399 g/mol. The molecule has 0 aromatic carbocycles. The standard InChI is InChI=1S/C11H12Br2ClNOS/c1-6-5-15(3-2-8(6)14)11(16)7-4-9(12)17-10(7)13/h4,6,8H,2-3,5H2,1H3. The molecule has 0 radical (unpaired) electrons. The van der Waals surface area contributed by atoms with Gasteiger partial charge in [0, 0.05) is 18.5 Å². The van der Waals surface area contributed by atoms with Gasteiger partial charge in [0.25, 0.3) is 5.91 Å². The van der Waals surface area contributed by atoms with Crippen molar-refractivity contribution >= 4 is 60.7 Å². The van der Waals surface area contributed by atoms with E-state index in [1.165, 1.54) is 11.3 Å². The Bertz CT molecular complexity index is 437. The minimum Gasteiger partial charge on any atom is -0.338 e. The van der Waals surface area contributed by atoms with Gasteiger partial charge in [-0.1, -0.05) is 6.92 Å². The Morgan fingerprint density at radius 2 is 2.29 bits per heavy atom. The molecule has 6 heteroatoms. The fraction of sp³-hybridized carbons (Fsp3) is 0.545. The van der Waals surface area contributed by atoms with Gasteiger partial charge in [-0.15, -0.1) is 22.9 Å². The van der Waals surface area contributed by atoms with Crippen LogP contribution in [0, 0.1) is 5.92 Å². The Kier molecular flexibility index (Phi) is 4.55. The summed E-state index contributed by atoms with van der Waals surface area (Å²) < 4.78 is 1.85. The number of carbonyl (C=O) groups is 1. The molecule has 1 fully saturated rings. The van der Waals surface area contributed by atoms with E-state index >= 15 is 0 Å². The van der Waals surface area contributed by atoms with Crippen LogP contribution >= 0.6 is 54.8 Å². The Labute approximate surface area is 127 Å². The zero-order chi connectivity index (χ0) is 12.6. The number of amides is 1. The van der Waals surface area contributed by atoms with Crippen molar-refractivity contribution < 1.29 is 4.79 Å². The lowest BCUT2D eigenvalue weighted by molar-refractivity contribution is 0.0686. The van der Waals surface area contributed by atoms with Crippen LogP contribution in [-0.2, 0) is 0 Å². The van der Waals surface area contributed by atoms with Crippen LogP contribution < -0.4 is 0 Å². The van der Waals surface area contributed by atoms with Gasteiger partial charge in [0.2, 0.25) is 0 Å². The number of piperidine rings is 1. The van der Waals surface area contributed by atoms with Gasteiger partial charge < -0.3 is 4.90 Å². The highest BCUT2D eigenvalue weighted by atomic mass is 79.9. The molecule has 2 atom stereocenters. The van der Waals surface area contributed by atoms with Crippen molar-refractivity contribution in [3.8, 4) is 0 Å². The maximum atomic E-state index is 12.3. The van der Waals surface area contributed by atoms with Crippen LogP contribution in [-0.4, -0.2) is 29.3 Å². The Morgan fingerprint density at radius 1 is 1.59 bits per heavy atom. The summed E-state index contributed by atoms with van der Waals surface area (Å²) in [5.74, 6) is 0.449. The number of hydrogen-bond donors (Lipinski definition) is 0. The lowest BCUT2D eigenvalue weighted by Gasteiger charge is -2.34. The first-order valence-electron chi connectivity index (χ1n) is 5.37. The Balaban J connectivity index is 2.13. The first-order valence-corrected chi connectivity index (χ1v) is 8.21. The van der Waals surface area contributed by atoms with Crippen molar-refractivity contribution in [2.24, 2.45) is 5.92 Å². The minimum atomic E-state index is 0.0919. The maximum absolute atomic E-state index is 12.3. The molecule has 1 saturated heterocycles. The molecule has 1 aliphatic rings. The second-order valence-corrected chi connectivity index (χ2v) is 8.58. The second kappa shape index (κ2) is 5.59. The van der Waals surface area contributed by atoms with Crippen molar-refractivity contribution in [1.82, 2.24) is 4.90 Å². The topological polar surface area (TPSA) is 20.3 Å². The molecule has 2 unspecified atom stereocenters. The highest BCUT2D eigenvalue weighted by Crippen LogP contribution is 2.33. The largest absolute Gasteiger partial charge is 0.338 e. The highest BCUT2D eigenvalue weighted by Gasteiger charge is 2.29. The molecule has 0 aliphatic carbocycles. The quantitative estimate of drug-likeness (QED) is 0.640. The van der Waals surface area contributed by atoms with Gasteiger partial charge in [0.05, 0.1) is 13.1 Å². The molecule has 1 aromatic rings. The number of alkyl halides is 1. The molecule has 0 bridgehead atoms. The van der Waals surface area contributed by atoms with E-state index in [-0.39, 0.29) is 11.3 Å². The fourth-order valence-electron chi connectivity index (χ4n) is 1.96. The fourth-order valence-corrected chi connectivity index (χ4v) is 4.91. The third kappa shape index (κ3) is 3.06. The van der Waals surface area contributed by atoms with Crippen molar-refractivity contribution in [2.45, 2.75) is 18.7 Å². The van der Waals surface area contributed by atoms with Crippen LogP contribution in [0.5, 0.6) is 0 Å². The van der Waals surface area contributed by atoms with Crippen LogP contribution in [0.1, 0.15) is 23.7 Å². The first-order chi connectivity index (χ1) is 7.99. The Hall–Kier alpha value is 0.420. The number of hydrogen-bond acceptors (Lipinski definition) is 2. The average Bonchev–Trinajstić information content (AvgIpc) is 2.61. The van der Waals surface area contributed by atoms with Crippen molar-refractivity contribution in [1.29, 1.82) is 0 Å². The number of rotatable bonds is 1. The molecular weight excluding hydrogens is 389 g/mol. The lowest BCUT2D eigenvalue weighted by Crippen LogP contribution is -2.43. The van der Waals surface area contributed by atoms with Crippen LogP contribution in [0.3, 0.4) is 0 Å². The third-order valence-electron chi connectivity index (χ3n) is 2.97. The molecule has 1 aliphatic heterocycles. The van der Waals surface area contributed by atoms with E-state index in [0.29, 0.717) is 5.92 Å². The van der Waals surface area contributed by atoms with Gasteiger partial charge >= 0.3 is 0 Å². The summed E-state index contributed by atoms with van der Waals surface area (Å²) in [6, 6.07) is 1.87. The number of halogens is 3. The van der Waals surface area contributed by atoms with E-state index in [1.54, 1.807) is 0 Å². The molecule has 0 N–H and O–H groups in total. The predicted octanol–water partition coefficient (Wildman–Crippen LogP) is 4.36. The number of thiophene rings is 1. The van der Waals surface area contributed by atoms with Crippen molar-refractivity contribution in [2.75, 3.05) is 13.1 Å².